The van der Waals surface area contributed by atoms with Crippen LogP contribution in [0.15, 0.2) is 36.5 Å². The average molecular weight is 319 g/mol. The van der Waals surface area contributed by atoms with Gasteiger partial charge in [-0.2, -0.15) is 0 Å². The lowest BCUT2D eigenvalue weighted by Gasteiger charge is -2.11. The monoisotopic (exact) mass is 318 g/mol. The first-order valence-electron chi connectivity index (χ1n) is 7.21. The minimum absolute atomic E-state index is 0.113. The Balaban J connectivity index is 2.02. The fourth-order valence-electron chi connectivity index (χ4n) is 1.79. The number of carbonyl (C=O) groups is 1. The zero-order valence-corrected chi connectivity index (χ0v) is 13.4. The van der Waals surface area contributed by atoms with Crippen LogP contribution in [-0.4, -0.2) is 21.9 Å². The van der Waals surface area contributed by atoms with Crippen LogP contribution in [0.25, 0.3) is 0 Å². The molecule has 0 fully saturated rings. The van der Waals surface area contributed by atoms with E-state index in [1.807, 2.05) is 38.1 Å². The molecule has 2 rings (SSSR count). The van der Waals surface area contributed by atoms with Crippen LogP contribution in [-0.2, 0) is 6.54 Å². The van der Waals surface area contributed by atoms with E-state index < -0.39 is 0 Å². The molecule has 0 aliphatic rings. The van der Waals surface area contributed by atoms with E-state index >= 15 is 0 Å². The number of rotatable bonds is 6. The number of halogens is 1. The second kappa shape index (κ2) is 7.75. The molecule has 1 atom stereocenters. The topological polar surface area (TPSA) is 66.9 Å². The molecule has 1 heterocycles. The molecule has 1 amide bonds. The molecule has 6 heteroatoms. The molecule has 22 heavy (non-hydrogen) atoms. The Labute approximate surface area is 135 Å². The first-order chi connectivity index (χ1) is 10.6. The molecule has 2 N–H and O–H groups in total. The number of aromatic nitrogens is 2. The Kier molecular flexibility index (Phi) is 5.72. The minimum Gasteiger partial charge on any atom is -0.350 e. The van der Waals surface area contributed by atoms with E-state index in [-0.39, 0.29) is 11.9 Å². The van der Waals surface area contributed by atoms with Crippen LogP contribution >= 0.6 is 11.6 Å². The quantitative estimate of drug-likeness (QED) is 0.858. The fraction of sp³-hybridized carbons (Fsp3) is 0.312. The van der Waals surface area contributed by atoms with E-state index in [1.165, 1.54) is 0 Å². The molecule has 0 saturated carbocycles. The average Bonchev–Trinajstić information content (AvgIpc) is 2.54. The van der Waals surface area contributed by atoms with Crippen molar-refractivity contribution in [2.75, 3.05) is 5.32 Å². The van der Waals surface area contributed by atoms with Gasteiger partial charge in [0.05, 0.1) is 0 Å². The number of amides is 1. The van der Waals surface area contributed by atoms with Gasteiger partial charge in [0.25, 0.3) is 5.91 Å². The van der Waals surface area contributed by atoms with Crippen LogP contribution < -0.4 is 10.6 Å². The molecule has 116 valence electrons. The molecule has 1 unspecified atom stereocenters. The van der Waals surface area contributed by atoms with Gasteiger partial charge in [-0.25, -0.2) is 9.97 Å². The van der Waals surface area contributed by atoms with Gasteiger partial charge in [0.2, 0.25) is 5.95 Å². The SMILES string of the molecule is CCC(C)NC(=O)c1ccnc(NCc2ccccc2Cl)n1. The number of hydrogen-bond donors (Lipinski definition) is 2. The summed E-state index contributed by atoms with van der Waals surface area (Å²) in [5, 5.41) is 6.64. The fourth-order valence-corrected chi connectivity index (χ4v) is 1.99. The molecule has 0 aliphatic carbocycles. The highest BCUT2D eigenvalue weighted by molar-refractivity contribution is 6.31. The number of nitrogens with zero attached hydrogens (tertiary/aromatic N) is 2. The molecule has 0 saturated heterocycles. The van der Waals surface area contributed by atoms with Crippen molar-refractivity contribution in [2.45, 2.75) is 32.9 Å². The van der Waals surface area contributed by atoms with Crippen LogP contribution in [0.3, 0.4) is 0 Å². The van der Waals surface area contributed by atoms with Gasteiger partial charge in [0, 0.05) is 23.8 Å². The molecule has 1 aromatic heterocycles. The standard InChI is InChI=1S/C16H19ClN4O/c1-3-11(2)20-15(22)14-8-9-18-16(21-14)19-10-12-6-4-5-7-13(12)17/h4-9,11H,3,10H2,1-2H3,(H,20,22)(H,18,19,21). The number of nitrogens with one attached hydrogen (secondary N) is 2. The molecule has 0 spiro atoms. The van der Waals surface area contributed by atoms with Gasteiger partial charge in [-0.3, -0.25) is 4.79 Å². The van der Waals surface area contributed by atoms with Crippen molar-refractivity contribution in [1.82, 2.24) is 15.3 Å². The zero-order valence-electron chi connectivity index (χ0n) is 12.6. The smallest absolute Gasteiger partial charge is 0.270 e. The third-order valence-corrected chi connectivity index (χ3v) is 3.64. The van der Waals surface area contributed by atoms with E-state index in [9.17, 15) is 4.79 Å². The zero-order chi connectivity index (χ0) is 15.9. The van der Waals surface area contributed by atoms with Gasteiger partial charge in [-0.15, -0.1) is 0 Å². The number of anilines is 1. The lowest BCUT2D eigenvalue weighted by atomic mass is 10.2. The predicted molar refractivity (Wildman–Crippen MR) is 88.0 cm³/mol. The molecule has 0 radical (unpaired) electrons. The second-order valence-corrected chi connectivity index (χ2v) is 5.40. The summed E-state index contributed by atoms with van der Waals surface area (Å²) < 4.78 is 0. The summed E-state index contributed by atoms with van der Waals surface area (Å²) in [7, 11) is 0. The Morgan fingerprint density at radius 1 is 1.32 bits per heavy atom. The maximum absolute atomic E-state index is 12.0. The highest BCUT2D eigenvalue weighted by atomic mass is 35.5. The molecule has 5 nitrogen and oxygen atoms in total. The number of carbonyl (C=O) groups excluding carboxylic acids is 1. The number of hydrogen-bond acceptors (Lipinski definition) is 4. The summed E-state index contributed by atoms with van der Waals surface area (Å²) in [5.41, 5.74) is 1.29. The lowest BCUT2D eigenvalue weighted by molar-refractivity contribution is 0.0934. The van der Waals surface area contributed by atoms with Gasteiger partial charge in [-0.1, -0.05) is 36.7 Å². The highest BCUT2D eigenvalue weighted by Gasteiger charge is 2.11. The molecule has 2 aromatic rings. The summed E-state index contributed by atoms with van der Waals surface area (Å²) >= 11 is 6.10. The maximum Gasteiger partial charge on any atom is 0.270 e. The normalized spacial score (nSPS) is 11.8. The number of benzene rings is 1. The Bertz CT molecular complexity index is 648. The van der Waals surface area contributed by atoms with E-state index in [4.69, 9.17) is 11.6 Å². The van der Waals surface area contributed by atoms with Crippen molar-refractivity contribution in [3.05, 3.63) is 52.8 Å². The first kappa shape index (κ1) is 16.2. The summed E-state index contributed by atoms with van der Waals surface area (Å²) in [5.74, 6) is 0.203. The molecular formula is C16H19ClN4O. The molecule has 0 bridgehead atoms. The van der Waals surface area contributed by atoms with E-state index in [0.29, 0.717) is 23.2 Å². The Morgan fingerprint density at radius 2 is 2.09 bits per heavy atom. The van der Waals surface area contributed by atoms with Gasteiger partial charge in [-0.05, 0) is 31.0 Å². The van der Waals surface area contributed by atoms with Crippen LogP contribution in [0.2, 0.25) is 5.02 Å². The Hall–Kier alpha value is -2.14. The third kappa shape index (κ3) is 4.43. The van der Waals surface area contributed by atoms with Crippen molar-refractivity contribution in [2.24, 2.45) is 0 Å². The molecule has 0 aliphatic heterocycles. The highest BCUT2D eigenvalue weighted by Crippen LogP contribution is 2.15. The van der Waals surface area contributed by atoms with Crippen LogP contribution in [0.5, 0.6) is 0 Å². The third-order valence-electron chi connectivity index (χ3n) is 3.27. The lowest BCUT2D eigenvalue weighted by Crippen LogP contribution is -2.32. The second-order valence-electron chi connectivity index (χ2n) is 4.99. The van der Waals surface area contributed by atoms with E-state index in [1.54, 1.807) is 12.3 Å². The van der Waals surface area contributed by atoms with Gasteiger partial charge in [0.1, 0.15) is 5.69 Å². The largest absolute Gasteiger partial charge is 0.350 e. The van der Waals surface area contributed by atoms with Gasteiger partial charge < -0.3 is 10.6 Å². The van der Waals surface area contributed by atoms with Crippen molar-refractivity contribution < 1.29 is 4.79 Å². The van der Waals surface area contributed by atoms with Crippen LogP contribution in [0.4, 0.5) is 5.95 Å². The summed E-state index contributed by atoms with van der Waals surface area (Å²) in [6, 6.07) is 9.26. The summed E-state index contributed by atoms with van der Waals surface area (Å²) in [4.78, 5) is 20.4. The van der Waals surface area contributed by atoms with E-state index in [2.05, 4.69) is 20.6 Å². The summed E-state index contributed by atoms with van der Waals surface area (Å²) in [6.07, 6.45) is 2.43. The van der Waals surface area contributed by atoms with Crippen LogP contribution in [0.1, 0.15) is 36.3 Å². The maximum atomic E-state index is 12.0. The molecule has 1 aromatic carbocycles. The van der Waals surface area contributed by atoms with Crippen molar-refractivity contribution in [3.63, 3.8) is 0 Å². The van der Waals surface area contributed by atoms with Crippen molar-refractivity contribution in [3.8, 4) is 0 Å². The predicted octanol–water partition coefficient (Wildman–Crippen LogP) is 3.27. The molecular weight excluding hydrogens is 300 g/mol. The van der Waals surface area contributed by atoms with Gasteiger partial charge >= 0.3 is 0 Å². The minimum atomic E-state index is -0.197. The van der Waals surface area contributed by atoms with Crippen molar-refractivity contribution >= 4 is 23.5 Å². The van der Waals surface area contributed by atoms with E-state index in [0.717, 1.165) is 12.0 Å². The Morgan fingerprint density at radius 3 is 2.82 bits per heavy atom. The van der Waals surface area contributed by atoms with Crippen molar-refractivity contribution in [1.29, 1.82) is 0 Å². The first-order valence-corrected chi connectivity index (χ1v) is 7.59. The summed E-state index contributed by atoms with van der Waals surface area (Å²) in [6.45, 7) is 4.47. The van der Waals surface area contributed by atoms with Gasteiger partial charge in [0.15, 0.2) is 0 Å². The van der Waals surface area contributed by atoms with Crippen LogP contribution in [0, 0.1) is 0 Å².